The van der Waals surface area contributed by atoms with Crippen LogP contribution in [0.15, 0.2) is 97.6 Å². The van der Waals surface area contributed by atoms with Crippen LogP contribution in [0.5, 0.6) is 0 Å². The fraction of sp³-hybridized carbons (Fsp3) is 0.320. The second-order valence-electron chi connectivity index (χ2n) is 17.4. The lowest BCUT2D eigenvalue weighted by molar-refractivity contribution is -0.142. The van der Waals surface area contributed by atoms with Crippen LogP contribution < -0.4 is 20.4 Å². The number of pyridine rings is 4. The molecule has 4 aromatic heterocycles. The van der Waals surface area contributed by atoms with Crippen LogP contribution in [0.2, 0.25) is 0 Å². The van der Waals surface area contributed by atoms with E-state index < -0.39 is 47.8 Å². The Hall–Kier alpha value is -7.00. The van der Waals surface area contributed by atoms with Crippen LogP contribution in [-0.2, 0) is 21.8 Å². The Morgan fingerprint density at radius 3 is 1.41 bits per heavy atom. The lowest BCUT2D eigenvalue weighted by atomic mass is 9.94. The average Bonchev–Trinajstić information content (AvgIpc) is 3.35. The molecule has 4 N–H and O–H groups in total. The first-order chi connectivity index (χ1) is 33.4. The van der Waals surface area contributed by atoms with E-state index in [1.807, 2.05) is 38.1 Å². The SMILES string of the molecule is Cc1ccc(NC(=O)c2ccnc(C(F)(F)F)c2)cc1-c1cnc2c(c1)N1CCOC[C@@H]1C[C@@H]2O.Cc1ccc(NC(=O)c2ccnc(C(F)(F)F)c2)cc1-c1cnc2c(c1)N1CCOC[C@H]1C[C@H]2O. The van der Waals surface area contributed by atoms with E-state index in [1.54, 1.807) is 36.7 Å². The van der Waals surface area contributed by atoms with Crippen molar-refractivity contribution in [2.75, 3.05) is 60.0 Å². The minimum Gasteiger partial charge on any atom is -0.387 e. The highest BCUT2D eigenvalue weighted by Gasteiger charge is 2.37. The average molecular weight is 969 g/mol. The number of benzene rings is 2. The van der Waals surface area contributed by atoms with E-state index in [4.69, 9.17) is 9.47 Å². The zero-order chi connectivity index (χ0) is 49.5. The molecule has 6 aromatic rings. The third-order valence-electron chi connectivity index (χ3n) is 12.7. The van der Waals surface area contributed by atoms with Crippen LogP contribution in [0.3, 0.4) is 0 Å². The van der Waals surface area contributed by atoms with E-state index in [9.17, 15) is 46.1 Å². The summed E-state index contributed by atoms with van der Waals surface area (Å²) < 4.78 is 88.9. The molecule has 0 aliphatic carbocycles. The highest BCUT2D eigenvalue weighted by Crippen LogP contribution is 2.42. The molecule has 0 radical (unpaired) electrons. The number of rotatable bonds is 6. The highest BCUT2D eigenvalue weighted by atomic mass is 19.4. The van der Waals surface area contributed by atoms with Gasteiger partial charge >= 0.3 is 12.4 Å². The topological polar surface area (TPSA) is 175 Å². The summed E-state index contributed by atoms with van der Waals surface area (Å²) in [6.07, 6.45) is -4.19. The number of nitrogens with one attached hydrogen (secondary N) is 2. The van der Waals surface area contributed by atoms with Crippen molar-refractivity contribution in [2.24, 2.45) is 0 Å². The molecule has 0 unspecified atom stereocenters. The van der Waals surface area contributed by atoms with Crippen LogP contribution >= 0.6 is 0 Å². The van der Waals surface area contributed by atoms with Crippen molar-refractivity contribution in [2.45, 2.75) is 63.3 Å². The third-order valence-corrected chi connectivity index (χ3v) is 12.7. The number of aliphatic hydroxyl groups excluding tert-OH is 2. The van der Waals surface area contributed by atoms with Crippen LogP contribution in [0, 0.1) is 13.8 Å². The Morgan fingerprint density at radius 2 is 1.01 bits per heavy atom. The first-order valence-corrected chi connectivity index (χ1v) is 22.4. The first kappa shape index (κ1) is 48.0. The highest BCUT2D eigenvalue weighted by molar-refractivity contribution is 6.05. The van der Waals surface area contributed by atoms with Gasteiger partial charge in [-0.3, -0.25) is 29.5 Å². The Labute approximate surface area is 397 Å². The number of nitrogens with zero attached hydrogens (tertiary/aromatic N) is 6. The van der Waals surface area contributed by atoms with Crippen LogP contribution in [-0.4, -0.2) is 93.6 Å². The summed E-state index contributed by atoms with van der Waals surface area (Å²) in [5, 5.41) is 26.5. The number of halogens is 6. The van der Waals surface area contributed by atoms with Gasteiger partial charge in [0.05, 0.1) is 61.3 Å². The number of morpholine rings is 2. The predicted molar refractivity (Wildman–Crippen MR) is 246 cm³/mol. The molecular weight excluding hydrogens is 923 g/mol. The number of fused-ring (bicyclic) bond motifs is 6. The zero-order valence-electron chi connectivity index (χ0n) is 37.7. The summed E-state index contributed by atoms with van der Waals surface area (Å²) in [6.45, 7) is 7.55. The van der Waals surface area contributed by atoms with Crippen LogP contribution in [0.1, 0.15) is 79.7 Å². The lowest BCUT2D eigenvalue weighted by Gasteiger charge is -2.43. The molecule has 70 heavy (non-hydrogen) atoms. The van der Waals surface area contributed by atoms with Gasteiger partial charge in [-0.05, 0) is 96.8 Å². The van der Waals surface area contributed by atoms with Crippen molar-refractivity contribution >= 4 is 34.6 Å². The number of anilines is 4. The predicted octanol–water partition coefficient (Wildman–Crippen LogP) is 8.73. The maximum atomic E-state index is 13.0. The number of aliphatic hydroxyl groups is 2. The summed E-state index contributed by atoms with van der Waals surface area (Å²) in [7, 11) is 0. The van der Waals surface area contributed by atoms with Crippen molar-refractivity contribution < 1.29 is 55.6 Å². The number of hydrogen-bond donors (Lipinski definition) is 4. The number of aromatic nitrogens is 4. The molecular formula is C50H46F6N8O6. The van der Waals surface area contributed by atoms with E-state index >= 15 is 0 Å². The van der Waals surface area contributed by atoms with Crippen LogP contribution in [0.4, 0.5) is 49.1 Å². The van der Waals surface area contributed by atoms with Crippen LogP contribution in [0.25, 0.3) is 22.3 Å². The number of aryl methyl sites for hydroxylation is 2. The second-order valence-corrected chi connectivity index (χ2v) is 17.4. The van der Waals surface area contributed by atoms with E-state index in [0.717, 1.165) is 69.3 Å². The first-order valence-electron chi connectivity index (χ1n) is 22.4. The van der Waals surface area contributed by atoms with Gasteiger partial charge in [-0.2, -0.15) is 26.3 Å². The summed E-state index contributed by atoms with van der Waals surface area (Å²) in [4.78, 5) is 45.4. The minimum atomic E-state index is -4.64. The fourth-order valence-electron chi connectivity index (χ4n) is 9.15. The largest absolute Gasteiger partial charge is 0.433 e. The Bertz CT molecular complexity index is 2760. The minimum absolute atomic E-state index is 0.0805. The normalized spacial score (nSPS) is 19.6. The number of carbonyl (C=O) groups is 2. The van der Waals surface area contributed by atoms with E-state index in [2.05, 4.69) is 40.4 Å². The van der Waals surface area contributed by atoms with Crippen molar-refractivity contribution in [1.82, 2.24) is 19.9 Å². The molecule has 8 heterocycles. The summed E-state index contributed by atoms with van der Waals surface area (Å²) in [6, 6.07) is 18.6. The van der Waals surface area contributed by atoms with Gasteiger partial charge in [0.1, 0.15) is 23.6 Å². The van der Waals surface area contributed by atoms with Gasteiger partial charge in [0, 0.05) is 84.3 Å². The number of amides is 2. The molecule has 4 aliphatic heterocycles. The van der Waals surface area contributed by atoms with Crippen molar-refractivity contribution in [3.63, 3.8) is 0 Å². The molecule has 2 saturated heterocycles. The summed E-state index contributed by atoms with van der Waals surface area (Å²) >= 11 is 0. The van der Waals surface area contributed by atoms with E-state index in [-0.39, 0.29) is 23.2 Å². The fourth-order valence-corrected chi connectivity index (χ4v) is 9.15. The van der Waals surface area contributed by atoms with Gasteiger partial charge in [0.15, 0.2) is 0 Å². The van der Waals surface area contributed by atoms with Gasteiger partial charge in [0.2, 0.25) is 0 Å². The molecule has 2 fully saturated rings. The Morgan fingerprint density at radius 1 is 0.600 bits per heavy atom. The van der Waals surface area contributed by atoms with E-state index in [1.165, 1.54) is 12.1 Å². The van der Waals surface area contributed by atoms with Gasteiger partial charge in [-0.25, -0.2) is 0 Å². The number of alkyl halides is 6. The molecule has 4 aliphatic rings. The molecule has 0 saturated carbocycles. The van der Waals surface area contributed by atoms with Gasteiger partial charge in [0.25, 0.3) is 11.8 Å². The van der Waals surface area contributed by atoms with E-state index in [0.29, 0.717) is 75.1 Å². The summed E-state index contributed by atoms with van der Waals surface area (Å²) in [5.74, 6) is -1.34. The number of ether oxygens (including phenoxy) is 2. The van der Waals surface area contributed by atoms with Gasteiger partial charge in [-0.15, -0.1) is 0 Å². The quantitative estimate of drug-likeness (QED) is 0.117. The maximum Gasteiger partial charge on any atom is 0.433 e. The monoisotopic (exact) mass is 968 g/mol. The second kappa shape index (κ2) is 19.4. The molecule has 2 aromatic carbocycles. The lowest BCUT2D eigenvalue weighted by Crippen LogP contribution is -2.49. The van der Waals surface area contributed by atoms with Crippen molar-refractivity contribution in [3.8, 4) is 22.3 Å². The number of hydrogen-bond acceptors (Lipinski definition) is 12. The molecule has 2 amide bonds. The number of carbonyl (C=O) groups excluding carboxylic acids is 2. The maximum absolute atomic E-state index is 13.0. The third kappa shape index (κ3) is 10.2. The van der Waals surface area contributed by atoms with Crippen molar-refractivity contribution in [1.29, 1.82) is 0 Å². The Balaban J connectivity index is 0.000000174. The Kier molecular flexibility index (Phi) is 13.3. The van der Waals surface area contributed by atoms with Gasteiger partial charge < -0.3 is 40.1 Å². The van der Waals surface area contributed by atoms with Gasteiger partial charge in [-0.1, -0.05) is 12.1 Å². The smallest absolute Gasteiger partial charge is 0.387 e. The molecule has 0 spiro atoms. The molecule has 0 bridgehead atoms. The summed E-state index contributed by atoms with van der Waals surface area (Å²) in [5.41, 5.74) is 6.42. The standard InChI is InChI=1S/2C25H23F3N4O3/c2*1-14-2-3-17(31-24(34)15-4-5-29-22(9-15)25(26,27)28)10-19(14)16-8-20-23(30-12-16)21(33)11-18-13-35-7-6-32(18)20/h2*2-5,8-10,12,18,21,33H,6-7,11,13H2,1H3,(H,31,34)/t2*18-,21-/m10/s1. The molecule has 364 valence electrons. The van der Waals surface area contributed by atoms with Crippen molar-refractivity contribution in [3.05, 3.63) is 143 Å². The molecule has 20 heteroatoms. The molecule has 14 nitrogen and oxygen atoms in total. The molecule has 4 atom stereocenters. The molecule has 10 rings (SSSR count). The zero-order valence-corrected chi connectivity index (χ0v) is 37.7.